The fourth-order valence-electron chi connectivity index (χ4n) is 1.63. The number of hydrogen-bond acceptors (Lipinski definition) is 5. The molecule has 0 spiro atoms. The monoisotopic (exact) mass is 314 g/mol. The van der Waals surface area contributed by atoms with Crippen LogP contribution in [0, 0.1) is 5.92 Å². The first-order chi connectivity index (χ1) is 9.70. The molecule has 0 aromatic heterocycles. The number of nitrogens with two attached hydrogens (primary N) is 1. The Hall–Kier alpha value is -1.60. The third kappa shape index (κ3) is 6.14. The molecule has 0 aliphatic rings. The van der Waals surface area contributed by atoms with Gasteiger partial charge in [-0.2, -0.15) is 0 Å². The van der Waals surface area contributed by atoms with Crippen LogP contribution in [0.4, 0.5) is 5.69 Å². The van der Waals surface area contributed by atoms with Gasteiger partial charge in [0, 0.05) is 30.7 Å². The van der Waals surface area contributed by atoms with Crippen LogP contribution in [0.3, 0.4) is 0 Å². The maximum absolute atomic E-state index is 12.0. The highest BCUT2D eigenvalue weighted by molar-refractivity contribution is 7.90. The highest BCUT2D eigenvalue weighted by Crippen LogP contribution is 2.16. The van der Waals surface area contributed by atoms with Gasteiger partial charge >= 0.3 is 0 Å². The molecular formula is C14H22N2O4S. The summed E-state index contributed by atoms with van der Waals surface area (Å²) in [5.74, 6) is 0.0623. The second-order valence-electron chi connectivity index (χ2n) is 5.29. The van der Waals surface area contributed by atoms with Crippen molar-refractivity contribution in [3.63, 3.8) is 0 Å². The molecule has 118 valence electrons. The maximum atomic E-state index is 12.0. The molecule has 0 aliphatic carbocycles. The first kappa shape index (κ1) is 17.5. The van der Waals surface area contributed by atoms with Gasteiger partial charge in [0.05, 0.1) is 11.5 Å². The van der Waals surface area contributed by atoms with E-state index in [1.165, 1.54) is 18.2 Å². The molecule has 7 heteroatoms. The number of benzene rings is 1. The maximum Gasteiger partial charge on any atom is 0.251 e. The SMILES string of the molecule is CC(C)COCCNC(=O)c1cc(N)cc(S(C)(=O)=O)c1. The van der Waals surface area contributed by atoms with Crippen molar-refractivity contribution in [3.8, 4) is 0 Å². The van der Waals surface area contributed by atoms with Crippen molar-refractivity contribution < 1.29 is 17.9 Å². The molecule has 0 radical (unpaired) electrons. The summed E-state index contributed by atoms with van der Waals surface area (Å²) in [6, 6.07) is 4.09. The third-order valence-corrected chi connectivity index (χ3v) is 3.69. The van der Waals surface area contributed by atoms with E-state index in [2.05, 4.69) is 5.32 Å². The van der Waals surface area contributed by atoms with Crippen molar-refractivity contribution in [3.05, 3.63) is 23.8 Å². The topological polar surface area (TPSA) is 98.5 Å². The first-order valence-electron chi connectivity index (χ1n) is 6.66. The second-order valence-corrected chi connectivity index (χ2v) is 7.30. The van der Waals surface area contributed by atoms with E-state index in [4.69, 9.17) is 10.5 Å². The van der Waals surface area contributed by atoms with E-state index in [-0.39, 0.29) is 22.1 Å². The Morgan fingerprint density at radius 2 is 2.00 bits per heavy atom. The minimum Gasteiger partial charge on any atom is -0.399 e. The van der Waals surface area contributed by atoms with Crippen molar-refractivity contribution >= 4 is 21.4 Å². The van der Waals surface area contributed by atoms with Gasteiger partial charge in [0.15, 0.2) is 9.84 Å². The lowest BCUT2D eigenvalue weighted by atomic mass is 10.2. The molecule has 3 N–H and O–H groups in total. The number of ether oxygens (including phenoxy) is 1. The van der Waals surface area contributed by atoms with E-state index >= 15 is 0 Å². The van der Waals surface area contributed by atoms with E-state index in [1.807, 2.05) is 13.8 Å². The van der Waals surface area contributed by atoms with Gasteiger partial charge in [0.2, 0.25) is 0 Å². The van der Waals surface area contributed by atoms with Gasteiger partial charge < -0.3 is 15.8 Å². The molecular weight excluding hydrogens is 292 g/mol. The zero-order valence-electron chi connectivity index (χ0n) is 12.5. The van der Waals surface area contributed by atoms with Crippen LogP contribution < -0.4 is 11.1 Å². The lowest BCUT2D eigenvalue weighted by Crippen LogP contribution is -2.28. The van der Waals surface area contributed by atoms with Crippen LogP contribution in [-0.4, -0.2) is 40.3 Å². The van der Waals surface area contributed by atoms with Gasteiger partial charge in [-0.25, -0.2) is 8.42 Å². The van der Waals surface area contributed by atoms with E-state index in [9.17, 15) is 13.2 Å². The minimum atomic E-state index is -3.40. The van der Waals surface area contributed by atoms with Crippen molar-refractivity contribution in [2.24, 2.45) is 5.92 Å². The standard InChI is InChI=1S/C14H22N2O4S/c1-10(2)9-20-5-4-16-14(17)11-6-12(15)8-13(7-11)21(3,18)19/h6-8,10H,4-5,9,15H2,1-3H3,(H,16,17). The first-order valence-corrected chi connectivity index (χ1v) is 8.56. The summed E-state index contributed by atoms with van der Waals surface area (Å²) in [4.78, 5) is 12.0. The number of hydrogen-bond donors (Lipinski definition) is 2. The predicted octanol–water partition coefficient (Wildman–Crippen LogP) is 1.07. The minimum absolute atomic E-state index is 0.0312. The molecule has 1 rings (SSSR count). The van der Waals surface area contributed by atoms with Crippen molar-refractivity contribution in [1.29, 1.82) is 0 Å². The van der Waals surface area contributed by atoms with Crippen LogP contribution in [0.15, 0.2) is 23.1 Å². The smallest absolute Gasteiger partial charge is 0.251 e. The highest BCUT2D eigenvalue weighted by Gasteiger charge is 2.13. The van der Waals surface area contributed by atoms with Gasteiger partial charge in [-0.3, -0.25) is 4.79 Å². The van der Waals surface area contributed by atoms with Crippen molar-refractivity contribution in [2.75, 3.05) is 31.7 Å². The third-order valence-electron chi connectivity index (χ3n) is 2.60. The molecule has 0 atom stereocenters. The number of carbonyl (C=O) groups excluding carboxylic acids is 1. The Kier molecular flexibility index (Phi) is 6.17. The summed E-state index contributed by atoms with van der Waals surface area (Å²) in [5.41, 5.74) is 6.09. The predicted molar refractivity (Wildman–Crippen MR) is 82.0 cm³/mol. The van der Waals surface area contributed by atoms with Crippen LogP contribution in [0.25, 0.3) is 0 Å². The van der Waals surface area contributed by atoms with Crippen LogP contribution in [0.5, 0.6) is 0 Å². The number of sulfone groups is 1. The average molecular weight is 314 g/mol. The Morgan fingerprint density at radius 1 is 1.33 bits per heavy atom. The van der Waals surface area contributed by atoms with Crippen LogP contribution in [-0.2, 0) is 14.6 Å². The van der Waals surface area contributed by atoms with Crippen LogP contribution >= 0.6 is 0 Å². The molecule has 0 saturated carbocycles. The summed E-state index contributed by atoms with van der Waals surface area (Å²) >= 11 is 0. The van der Waals surface area contributed by atoms with E-state index in [0.717, 1.165) is 6.26 Å². The normalized spacial score (nSPS) is 11.6. The molecule has 6 nitrogen and oxygen atoms in total. The van der Waals surface area contributed by atoms with E-state index in [1.54, 1.807) is 0 Å². The number of nitrogen functional groups attached to an aromatic ring is 1. The Balaban J connectivity index is 2.64. The van der Waals surface area contributed by atoms with Crippen molar-refractivity contribution in [1.82, 2.24) is 5.32 Å². The molecule has 0 fully saturated rings. The summed E-state index contributed by atoms with van der Waals surface area (Å²) in [5, 5.41) is 2.66. The quantitative estimate of drug-likeness (QED) is 0.579. The molecule has 1 aromatic carbocycles. The zero-order valence-corrected chi connectivity index (χ0v) is 13.4. The molecule has 1 aromatic rings. The molecule has 21 heavy (non-hydrogen) atoms. The lowest BCUT2D eigenvalue weighted by Gasteiger charge is -2.09. The zero-order chi connectivity index (χ0) is 16.0. The molecule has 0 unspecified atom stereocenters. The van der Waals surface area contributed by atoms with Crippen LogP contribution in [0.2, 0.25) is 0 Å². The summed E-state index contributed by atoms with van der Waals surface area (Å²) in [6.45, 7) is 5.47. The average Bonchev–Trinajstić information content (AvgIpc) is 2.36. The Labute approximate surface area is 125 Å². The van der Waals surface area contributed by atoms with Crippen LogP contribution in [0.1, 0.15) is 24.2 Å². The van der Waals surface area contributed by atoms with Gasteiger partial charge in [0.1, 0.15) is 0 Å². The van der Waals surface area contributed by atoms with Gasteiger partial charge in [-0.05, 0) is 24.1 Å². The summed E-state index contributed by atoms with van der Waals surface area (Å²) < 4.78 is 28.4. The fourth-order valence-corrected chi connectivity index (χ4v) is 2.32. The lowest BCUT2D eigenvalue weighted by molar-refractivity contribution is 0.0886. The molecule has 0 saturated heterocycles. The number of rotatable bonds is 7. The van der Waals surface area contributed by atoms with Gasteiger partial charge in [-0.1, -0.05) is 13.8 Å². The highest BCUT2D eigenvalue weighted by atomic mass is 32.2. The Bertz CT molecular complexity index is 597. The number of anilines is 1. The molecule has 0 bridgehead atoms. The molecule has 0 aliphatic heterocycles. The summed E-state index contributed by atoms with van der Waals surface area (Å²) in [7, 11) is -3.40. The van der Waals surface area contributed by atoms with Gasteiger partial charge in [0.25, 0.3) is 5.91 Å². The Morgan fingerprint density at radius 3 is 2.57 bits per heavy atom. The largest absolute Gasteiger partial charge is 0.399 e. The number of carbonyl (C=O) groups is 1. The van der Waals surface area contributed by atoms with E-state index in [0.29, 0.717) is 25.7 Å². The number of nitrogens with one attached hydrogen (secondary N) is 1. The molecule has 0 heterocycles. The number of amides is 1. The van der Waals surface area contributed by atoms with E-state index < -0.39 is 9.84 Å². The fraction of sp³-hybridized carbons (Fsp3) is 0.500. The summed E-state index contributed by atoms with van der Waals surface area (Å²) in [6.07, 6.45) is 1.07. The van der Waals surface area contributed by atoms with Gasteiger partial charge in [-0.15, -0.1) is 0 Å². The molecule has 1 amide bonds. The van der Waals surface area contributed by atoms with Crippen molar-refractivity contribution in [2.45, 2.75) is 18.7 Å². The second kappa shape index (κ2) is 7.42.